The topological polar surface area (TPSA) is 39.3 Å². The van der Waals surface area contributed by atoms with Crippen molar-refractivity contribution in [2.75, 3.05) is 32.7 Å². The van der Waals surface area contributed by atoms with Crippen LogP contribution in [0.25, 0.3) is 21.8 Å². The molecule has 4 heteroatoms. The summed E-state index contributed by atoms with van der Waals surface area (Å²) in [4.78, 5) is 21.2. The van der Waals surface area contributed by atoms with Crippen LogP contribution in [0.5, 0.6) is 0 Å². The van der Waals surface area contributed by atoms with Gasteiger partial charge in [-0.15, -0.1) is 0 Å². The van der Waals surface area contributed by atoms with Crippen LogP contribution in [-0.2, 0) is 6.54 Å². The van der Waals surface area contributed by atoms with Crippen LogP contribution in [0.3, 0.4) is 0 Å². The van der Waals surface area contributed by atoms with Gasteiger partial charge < -0.3 is 9.88 Å². The molecule has 30 heavy (non-hydrogen) atoms. The normalized spacial score (nSPS) is 15.7. The molecular formula is C26H27N3O. The first-order valence-electron chi connectivity index (χ1n) is 10.8. The van der Waals surface area contributed by atoms with E-state index in [9.17, 15) is 4.79 Å². The molecule has 0 amide bonds. The summed E-state index contributed by atoms with van der Waals surface area (Å²) in [6, 6.07) is 24.9. The maximum absolute atomic E-state index is 12.8. The first-order valence-corrected chi connectivity index (χ1v) is 10.8. The molecule has 2 heterocycles. The fourth-order valence-electron chi connectivity index (χ4n) is 4.44. The van der Waals surface area contributed by atoms with Gasteiger partial charge >= 0.3 is 0 Å². The zero-order valence-corrected chi connectivity index (χ0v) is 17.2. The summed E-state index contributed by atoms with van der Waals surface area (Å²) in [6.07, 6.45) is 0.576. The van der Waals surface area contributed by atoms with E-state index in [1.54, 1.807) is 0 Å². The van der Waals surface area contributed by atoms with Gasteiger partial charge in [-0.2, -0.15) is 0 Å². The highest BCUT2D eigenvalue weighted by Crippen LogP contribution is 2.26. The molecule has 4 aromatic rings. The number of ketones is 1. The quantitative estimate of drug-likeness (QED) is 0.479. The van der Waals surface area contributed by atoms with Crippen molar-refractivity contribution < 1.29 is 4.79 Å². The van der Waals surface area contributed by atoms with Crippen LogP contribution in [0.1, 0.15) is 22.3 Å². The van der Waals surface area contributed by atoms with Crippen LogP contribution in [0.15, 0.2) is 72.8 Å². The van der Waals surface area contributed by atoms with E-state index in [1.807, 2.05) is 30.3 Å². The lowest BCUT2D eigenvalue weighted by Crippen LogP contribution is -2.46. The maximum atomic E-state index is 12.8. The van der Waals surface area contributed by atoms with Gasteiger partial charge in [-0.25, -0.2) is 0 Å². The van der Waals surface area contributed by atoms with Crippen molar-refractivity contribution in [1.82, 2.24) is 14.8 Å². The van der Waals surface area contributed by atoms with Crippen molar-refractivity contribution in [2.45, 2.75) is 13.0 Å². The lowest BCUT2D eigenvalue weighted by atomic mass is 10.0. The minimum atomic E-state index is 0.230. The molecule has 0 unspecified atom stereocenters. The number of benzene rings is 3. The monoisotopic (exact) mass is 397 g/mol. The Labute approximate surface area is 177 Å². The number of Topliss-reactive ketones (excluding diaryl/α,β-unsaturated/α-hetero) is 1. The second-order valence-corrected chi connectivity index (χ2v) is 8.21. The summed E-state index contributed by atoms with van der Waals surface area (Å²) < 4.78 is 0. The molecule has 1 N–H and O–H groups in total. The molecule has 5 rings (SSSR count). The van der Waals surface area contributed by atoms with Crippen LogP contribution in [-0.4, -0.2) is 53.3 Å². The maximum Gasteiger partial charge on any atom is 0.164 e. The Morgan fingerprint density at radius 1 is 0.767 bits per heavy atom. The van der Waals surface area contributed by atoms with Crippen molar-refractivity contribution in [2.24, 2.45) is 0 Å². The summed E-state index contributed by atoms with van der Waals surface area (Å²) in [5.74, 6) is 0.230. The van der Waals surface area contributed by atoms with Gasteiger partial charge in [0.25, 0.3) is 0 Å². The van der Waals surface area contributed by atoms with Crippen LogP contribution in [0.4, 0.5) is 0 Å². The number of H-pyrrole nitrogens is 1. The number of fused-ring (bicyclic) bond motifs is 3. The van der Waals surface area contributed by atoms with E-state index in [1.165, 1.54) is 10.9 Å². The molecule has 0 atom stereocenters. The average Bonchev–Trinajstić information content (AvgIpc) is 3.17. The first kappa shape index (κ1) is 19.0. The van der Waals surface area contributed by atoms with E-state index >= 15 is 0 Å². The molecule has 0 spiro atoms. The van der Waals surface area contributed by atoms with E-state index in [2.05, 4.69) is 57.2 Å². The summed E-state index contributed by atoms with van der Waals surface area (Å²) in [5.41, 5.74) is 4.39. The second-order valence-electron chi connectivity index (χ2n) is 8.21. The summed E-state index contributed by atoms with van der Waals surface area (Å²) in [5, 5.41) is 2.31. The molecule has 0 saturated carbocycles. The number of hydrogen-bond donors (Lipinski definition) is 1. The number of para-hydroxylation sites is 1. The van der Waals surface area contributed by atoms with Gasteiger partial charge in [0, 0.05) is 73.1 Å². The average molecular weight is 398 g/mol. The fraction of sp³-hybridized carbons (Fsp3) is 0.269. The Morgan fingerprint density at radius 3 is 2.30 bits per heavy atom. The zero-order valence-electron chi connectivity index (χ0n) is 17.2. The number of nitrogens with zero attached hydrogens (tertiary/aromatic N) is 2. The SMILES string of the molecule is O=C(CCN1CCN(Cc2ccccc2)CC1)c1ccc2[nH]c3ccccc3c2c1. The lowest BCUT2D eigenvalue weighted by Gasteiger charge is -2.34. The predicted octanol–water partition coefficient (Wildman–Crippen LogP) is 4.71. The minimum Gasteiger partial charge on any atom is -0.355 e. The van der Waals surface area contributed by atoms with Gasteiger partial charge in [0.2, 0.25) is 0 Å². The summed E-state index contributed by atoms with van der Waals surface area (Å²) in [7, 11) is 0. The van der Waals surface area contributed by atoms with E-state index in [0.717, 1.165) is 61.3 Å². The van der Waals surface area contributed by atoms with Gasteiger partial charge in [0.15, 0.2) is 5.78 Å². The number of nitrogens with one attached hydrogen (secondary N) is 1. The molecule has 152 valence electrons. The Balaban J connectivity index is 1.17. The number of aromatic amines is 1. The number of piperazine rings is 1. The number of rotatable bonds is 6. The molecule has 1 aliphatic heterocycles. The summed E-state index contributed by atoms with van der Waals surface area (Å²) in [6.45, 7) is 6.03. The second kappa shape index (κ2) is 8.42. The Hall–Kier alpha value is -2.95. The van der Waals surface area contributed by atoms with E-state index in [4.69, 9.17) is 0 Å². The first-order chi connectivity index (χ1) is 14.8. The van der Waals surface area contributed by atoms with E-state index < -0.39 is 0 Å². The third-order valence-electron chi connectivity index (χ3n) is 6.20. The highest BCUT2D eigenvalue weighted by atomic mass is 16.1. The van der Waals surface area contributed by atoms with Crippen LogP contribution >= 0.6 is 0 Å². The number of hydrogen-bond acceptors (Lipinski definition) is 3. The molecule has 0 aliphatic carbocycles. The lowest BCUT2D eigenvalue weighted by molar-refractivity contribution is 0.0923. The standard InChI is InChI=1S/C26H27N3O/c30-26(21-10-11-25-23(18-21)22-8-4-5-9-24(22)27-25)12-13-28-14-16-29(17-15-28)19-20-6-2-1-3-7-20/h1-11,18,27H,12-17,19H2. The number of carbonyl (C=O) groups is 1. The Kier molecular flexibility index (Phi) is 5.35. The third kappa shape index (κ3) is 4.02. The minimum absolute atomic E-state index is 0.230. The molecule has 0 radical (unpaired) electrons. The molecule has 4 nitrogen and oxygen atoms in total. The molecular weight excluding hydrogens is 370 g/mol. The zero-order chi connectivity index (χ0) is 20.3. The smallest absolute Gasteiger partial charge is 0.164 e. The van der Waals surface area contributed by atoms with Crippen molar-refractivity contribution in [3.8, 4) is 0 Å². The van der Waals surface area contributed by atoms with Gasteiger partial charge in [-0.1, -0.05) is 48.5 Å². The van der Waals surface area contributed by atoms with Gasteiger partial charge in [0.1, 0.15) is 0 Å². The van der Waals surface area contributed by atoms with Crippen LogP contribution in [0, 0.1) is 0 Å². The van der Waals surface area contributed by atoms with E-state index in [-0.39, 0.29) is 5.78 Å². The molecule has 0 bridgehead atoms. The van der Waals surface area contributed by atoms with Crippen molar-refractivity contribution >= 4 is 27.6 Å². The predicted molar refractivity (Wildman–Crippen MR) is 123 cm³/mol. The highest BCUT2D eigenvalue weighted by Gasteiger charge is 2.18. The van der Waals surface area contributed by atoms with Gasteiger partial charge in [-0.3, -0.25) is 9.69 Å². The molecule has 1 saturated heterocycles. The number of carbonyl (C=O) groups excluding carboxylic acids is 1. The van der Waals surface area contributed by atoms with Crippen molar-refractivity contribution in [1.29, 1.82) is 0 Å². The van der Waals surface area contributed by atoms with Crippen LogP contribution in [0.2, 0.25) is 0 Å². The third-order valence-corrected chi connectivity index (χ3v) is 6.20. The molecule has 1 aliphatic rings. The molecule has 1 fully saturated rings. The number of aromatic nitrogens is 1. The molecule has 3 aromatic carbocycles. The van der Waals surface area contributed by atoms with Gasteiger partial charge in [-0.05, 0) is 29.8 Å². The summed E-state index contributed by atoms with van der Waals surface area (Å²) >= 11 is 0. The van der Waals surface area contributed by atoms with Crippen LogP contribution < -0.4 is 0 Å². The van der Waals surface area contributed by atoms with Crippen molar-refractivity contribution in [3.05, 3.63) is 83.9 Å². The fourth-order valence-corrected chi connectivity index (χ4v) is 4.44. The molecule has 1 aromatic heterocycles. The van der Waals surface area contributed by atoms with Crippen molar-refractivity contribution in [3.63, 3.8) is 0 Å². The Morgan fingerprint density at radius 2 is 1.47 bits per heavy atom. The Bertz CT molecular complexity index is 1160. The largest absolute Gasteiger partial charge is 0.355 e. The van der Waals surface area contributed by atoms with E-state index in [0.29, 0.717) is 6.42 Å². The van der Waals surface area contributed by atoms with Gasteiger partial charge in [0.05, 0.1) is 0 Å². The highest BCUT2D eigenvalue weighted by molar-refractivity contribution is 6.10.